The summed E-state index contributed by atoms with van der Waals surface area (Å²) in [6, 6.07) is 0. The Morgan fingerprint density at radius 3 is 0.750 bits per heavy atom. The van der Waals surface area contributed by atoms with E-state index in [2.05, 4.69) is 0 Å². The van der Waals surface area contributed by atoms with Crippen molar-refractivity contribution in [3.05, 3.63) is 0 Å². The molecular weight excluding hydrogens is 140 g/mol. The smallest absolute Gasteiger partial charge is 0.870 e. The van der Waals surface area contributed by atoms with Crippen LogP contribution in [0, 0.1) is 0 Å². The summed E-state index contributed by atoms with van der Waals surface area (Å²) < 4.78 is 0. The molecule has 0 aromatic rings. The van der Waals surface area contributed by atoms with Gasteiger partial charge in [-0.1, -0.05) is 0 Å². The van der Waals surface area contributed by atoms with Crippen LogP contribution in [0.3, 0.4) is 0 Å². The van der Waals surface area contributed by atoms with Gasteiger partial charge in [0.2, 0.25) is 0 Å². The Morgan fingerprint density at radius 1 is 0.750 bits per heavy atom. The van der Waals surface area contributed by atoms with E-state index < -0.39 is 0 Å². The molecular formula is H2CrFeO2+3. The van der Waals surface area contributed by atoms with Gasteiger partial charge in [-0.3, -0.25) is 0 Å². The summed E-state index contributed by atoms with van der Waals surface area (Å²) in [6.45, 7) is 0. The zero-order valence-corrected chi connectivity index (χ0v) is 4.04. The van der Waals surface area contributed by atoms with Gasteiger partial charge < -0.3 is 11.0 Å². The van der Waals surface area contributed by atoms with Gasteiger partial charge in [-0.05, 0) is 0 Å². The van der Waals surface area contributed by atoms with Gasteiger partial charge in [-0.2, -0.15) is 0 Å². The summed E-state index contributed by atoms with van der Waals surface area (Å²) in [5, 5.41) is 0. The second kappa shape index (κ2) is 37.1. The molecule has 0 aromatic heterocycles. The topological polar surface area (TPSA) is 60.0 Å². The summed E-state index contributed by atoms with van der Waals surface area (Å²) in [4.78, 5) is 0. The van der Waals surface area contributed by atoms with Crippen molar-refractivity contribution in [1.82, 2.24) is 0 Å². The zero-order chi connectivity index (χ0) is 0. The maximum Gasteiger partial charge on any atom is 3.00 e. The molecule has 0 bridgehead atoms. The van der Waals surface area contributed by atoms with Crippen molar-refractivity contribution < 1.29 is 45.4 Å². The van der Waals surface area contributed by atoms with Crippen molar-refractivity contribution >= 4 is 0 Å². The summed E-state index contributed by atoms with van der Waals surface area (Å²) in [6.07, 6.45) is 0. The molecule has 0 saturated heterocycles. The molecule has 4 heavy (non-hydrogen) atoms. The minimum atomic E-state index is 0. The predicted octanol–water partition coefficient (Wildman–Crippen LogP) is -0.359. The average molecular weight is 142 g/mol. The van der Waals surface area contributed by atoms with E-state index in [-0.39, 0.29) is 45.4 Å². The van der Waals surface area contributed by atoms with Crippen LogP contribution in [-0.4, -0.2) is 11.0 Å². The third-order valence-corrected chi connectivity index (χ3v) is 0. The first-order valence-corrected chi connectivity index (χ1v) is 0. The van der Waals surface area contributed by atoms with Crippen molar-refractivity contribution in [3.63, 3.8) is 0 Å². The molecule has 0 atom stereocenters. The first-order valence-electron chi connectivity index (χ1n) is 0. The minimum Gasteiger partial charge on any atom is -0.870 e. The fraction of sp³-hybridized carbons (Fsp3) is 0. The van der Waals surface area contributed by atoms with Gasteiger partial charge in [-0.25, -0.2) is 0 Å². The Kier molecular flexibility index (Phi) is 771. The van der Waals surface area contributed by atoms with Crippen LogP contribution < -0.4 is 0 Å². The van der Waals surface area contributed by atoms with E-state index in [1.807, 2.05) is 0 Å². The minimum absolute atomic E-state index is 0. The van der Waals surface area contributed by atoms with Gasteiger partial charge in [-0.15, -0.1) is 0 Å². The molecule has 0 saturated carbocycles. The van der Waals surface area contributed by atoms with Crippen LogP contribution in [0.15, 0.2) is 0 Å². The molecule has 0 spiro atoms. The van der Waals surface area contributed by atoms with Crippen LogP contribution in [0.1, 0.15) is 0 Å². The van der Waals surface area contributed by atoms with Crippen LogP contribution in [0.5, 0.6) is 0 Å². The standard InChI is InChI=1S/Cr.Fe.2H2O/h;;2*1H2/q+3;+2;;/p-2. The molecule has 0 rings (SSSR count). The maximum absolute atomic E-state index is 0. The monoisotopic (exact) mass is 142 g/mol. The molecule has 4 heteroatoms. The molecule has 2 nitrogen and oxygen atoms in total. The van der Waals surface area contributed by atoms with E-state index in [0.717, 1.165) is 0 Å². The second-order valence-corrected chi connectivity index (χ2v) is 0. The molecule has 0 fully saturated rings. The Hall–Kier alpha value is 0.972. The van der Waals surface area contributed by atoms with E-state index in [9.17, 15) is 0 Å². The van der Waals surface area contributed by atoms with Gasteiger partial charge in [0, 0.05) is 0 Å². The molecule has 0 aliphatic rings. The summed E-state index contributed by atoms with van der Waals surface area (Å²) in [5.41, 5.74) is 0. The second-order valence-electron chi connectivity index (χ2n) is 0. The maximum atomic E-state index is 0. The van der Waals surface area contributed by atoms with Crippen molar-refractivity contribution in [2.45, 2.75) is 0 Å². The van der Waals surface area contributed by atoms with Crippen molar-refractivity contribution in [1.29, 1.82) is 0 Å². The average Bonchev–Trinajstić information content (AvgIpc) is 0. The number of rotatable bonds is 0. The molecule has 0 unspecified atom stereocenters. The molecule has 0 heterocycles. The van der Waals surface area contributed by atoms with E-state index in [0.29, 0.717) is 0 Å². The summed E-state index contributed by atoms with van der Waals surface area (Å²) >= 11 is 0. The first kappa shape index (κ1) is 83.0. The molecule has 0 amide bonds. The summed E-state index contributed by atoms with van der Waals surface area (Å²) in [5.74, 6) is 0. The zero-order valence-electron chi connectivity index (χ0n) is 1.66. The quantitative estimate of drug-likeness (QED) is 0.433. The largest absolute Gasteiger partial charge is 3.00 e. The van der Waals surface area contributed by atoms with Crippen LogP contribution in [0.2, 0.25) is 0 Å². The van der Waals surface area contributed by atoms with E-state index in [1.165, 1.54) is 0 Å². The van der Waals surface area contributed by atoms with Crippen LogP contribution in [-0.2, 0) is 34.4 Å². The molecule has 0 aliphatic heterocycles. The van der Waals surface area contributed by atoms with Crippen molar-refractivity contribution in [2.75, 3.05) is 0 Å². The third kappa shape index (κ3) is 12.2. The number of hydrogen-bond acceptors (Lipinski definition) is 2. The van der Waals surface area contributed by atoms with Gasteiger partial charge in [0.05, 0.1) is 0 Å². The molecule has 2 N–H and O–H groups in total. The van der Waals surface area contributed by atoms with E-state index in [1.54, 1.807) is 0 Å². The Bertz CT molecular complexity index is 6.00. The predicted molar refractivity (Wildman–Crippen MR) is 3.87 cm³/mol. The third-order valence-electron chi connectivity index (χ3n) is 0. The van der Waals surface area contributed by atoms with Gasteiger partial charge in [0.1, 0.15) is 0 Å². The van der Waals surface area contributed by atoms with Crippen LogP contribution in [0.4, 0.5) is 0 Å². The van der Waals surface area contributed by atoms with E-state index >= 15 is 0 Å². The molecule has 1 radical (unpaired) electrons. The Balaban J connectivity index is 0. The molecule has 25 valence electrons. The van der Waals surface area contributed by atoms with Crippen molar-refractivity contribution in [3.8, 4) is 0 Å². The van der Waals surface area contributed by atoms with Crippen LogP contribution >= 0.6 is 0 Å². The Labute approximate surface area is 45.8 Å². The van der Waals surface area contributed by atoms with Crippen LogP contribution in [0.25, 0.3) is 0 Å². The summed E-state index contributed by atoms with van der Waals surface area (Å²) in [7, 11) is 0. The molecule has 0 aliphatic carbocycles. The van der Waals surface area contributed by atoms with Gasteiger partial charge in [0.25, 0.3) is 0 Å². The fourth-order valence-electron chi connectivity index (χ4n) is 0. The normalized spacial score (nSPS) is 0. The van der Waals surface area contributed by atoms with E-state index in [4.69, 9.17) is 0 Å². The first-order chi connectivity index (χ1) is 0. The van der Waals surface area contributed by atoms with Gasteiger partial charge in [0.15, 0.2) is 0 Å². The SMILES string of the molecule is [Cr+3].[Fe+2].[OH-].[OH-]. The molecule has 0 aromatic carbocycles. The van der Waals surface area contributed by atoms with Gasteiger partial charge >= 0.3 is 34.4 Å². The van der Waals surface area contributed by atoms with Crippen molar-refractivity contribution in [2.24, 2.45) is 0 Å². The Morgan fingerprint density at radius 2 is 0.750 bits per heavy atom. The number of hydrogen-bond donors (Lipinski definition) is 0. The fourth-order valence-corrected chi connectivity index (χ4v) is 0.